The maximum absolute atomic E-state index is 12.2. The fraction of sp³-hybridized carbons (Fsp3) is 0.391. The molecule has 0 atom stereocenters. The number of hydrogen-bond acceptors (Lipinski definition) is 6. The second kappa shape index (κ2) is 10.6. The van der Waals surface area contributed by atoms with Gasteiger partial charge in [-0.15, -0.1) is 0 Å². The van der Waals surface area contributed by atoms with Crippen molar-refractivity contribution < 1.29 is 14.3 Å². The Hall–Kier alpha value is -3.06. The maximum atomic E-state index is 12.2. The molecule has 160 valence electrons. The van der Waals surface area contributed by atoms with Crippen molar-refractivity contribution in [1.82, 2.24) is 10.3 Å². The van der Waals surface area contributed by atoms with Gasteiger partial charge in [-0.2, -0.15) is 5.10 Å². The first-order valence-corrected chi connectivity index (χ1v) is 10.2. The Bertz CT molecular complexity index is 862. The van der Waals surface area contributed by atoms with Crippen LogP contribution >= 0.6 is 0 Å². The van der Waals surface area contributed by atoms with Gasteiger partial charge >= 0.3 is 0 Å². The quantitative estimate of drug-likeness (QED) is 0.535. The van der Waals surface area contributed by atoms with Crippen molar-refractivity contribution in [1.29, 1.82) is 0 Å². The van der Waals surface area contributed by atoms with Gasteiger partial charge in [0, 0.05) is 50.4 Å². The lowest BCUT2D eigenvalue weighted by molar-refractivity contribution is -0.121. The van der Waals surface area contributed by atoms with Crippen LogP contribution in [0.25, 0.3) is 0 Å². The number of para-hydroxylation sites is 1. The first kappa shape index (κ1) is 21.6. The molecule has 3 rings (SSSR count). The summed E-state index contributed by atoms with van der Waals surface area (Å²) in [6, 6.07) is 16.0. The first-order chi connectivity index (χ1) is 14.6. The third-order valence-electron chi connectivity index (χ3n) is 5.30. The number of benzene rings is 2. The van der Waals surface area contributed by atoms with E-state index in [4.69, 9.17) is 9.47 Å². The molecule has 0 radical (unpaired) electrons. The number of piperazine rings is 1. The number of hydrogen-bond donors (Lipinski definition) is 1. The third-order valence-corrected chi connectivity index (χ3v) is 5.30. The normalized spacial score (nSPS) is 15.0. The SMILES string of the molecule is COc1ccc(/C(C)=N/NC(=O)CCN2CCN(c3ccccc3)CC2)cc1OC. The number of carbonyl (C=O) groups is 1. The van der Waals surface area contributed by atoms with Gasteiger partial charge in [-0.05, 0) is 37.3 Å². The van der Waals surface area contributed by atoms with Crippen LogP contribution in [0.2, 0.25) is 0 Å². The molecule has 0 bridgehead atoms. The summed E-state index contributed by atoms with van der Waals surface area (Å²) in [4.78, 5) is 16.9. The molecule has 0 spiro atoms. The standard InChI is InChI=1S/C23H30N4O3/c1-18(19-9-10-21(29-2)22(17-19)30-3)24-25-23(28)11-12-26-13-15-27(16-14-26)20-7-5-4-6-8-20/h4-10,17H,11-16H2,1-3H3,(H,25,28)/b24-18+. The fourth-order valence-corrected chi connectivity index (χ4v) is 3.46. The molecule has 1 fully saturated rings. The van der Waals surface area contributed by atoms with E-state index < -0.39 is 0 Å². The highest BCUT2D eigenvalue weighted by Gasteiger charge is 2.17. The molecule has 0 aromatic heterocycles. The summed E-state index contributed by atoms with van der Waals surface area (Å²) < 4.78 is 10.6. The molecule has 2 aromatic carbocycles. The zero-order valence-corrected chi connectivity index (χ0v) is 17.9. The molecule has 1 N–H and O–H groups in total. The Morgan fingerprint density at radius 2 is 1.70 bits per heavy atom. The second-order valence-corrected chi connectivity index (χ2v) is 7.22. The zero-order valence-electron chi connectivity index (χ0n) is 17.9. The van der Waals surface area contributed by atoms with Gasteiger partial charge in [0.2, 0.25) is 5.91 Å². The minimum absolute atomic E-state index is 0.0830. The van der Waals surface area contributed by atoms with Crippen molar-refractivity contribution in [3.8, 4) is 11.5 Å². The number of hydrazone groups is 1. The van der Waals surface area contributed by atoms with Crippen LogP contribution in [0.1, 0.15) is 18.9 Å². The van der Waals surface area contributed by atoms with E-state index in [1.54, 1.807) is 14.2 Å². The molecule has 7 nitrogen and oxygen atoms in total. The smallest absolute Gasteiger partial charge is 0.241 e. The Balaban J connectivity index is 1.44. The lowest BCUT2D eigenvalue weighted by Crippen LogP contribution is -2.47. The number of carbonyl (C=O) groups excluding carboxylic acids is 1. The summed E-state index contributed by atoms with van der Waals surface area (Å²) in [6.07, 6.45) is 0.425. The molecule has 2 aromatic rings. The van der Waals surface area contributed by atoms with Crippen molar-refractivity contribution in [2.24, 2.45) is 5.10 Å². The molecule has 0 saturated carbocycles. The molecule has 30 heavy (non-hydrogen) atoms. The van der Waals surface area contributed by atoms with Crippen LogP contribution in [-0.2, 0) is 4.79 Å². The van der Waals surface area contributed by atoms with E-state index in [1.165, 1.54) is 5.69 Å². The number of nitrogens with zero attached hydrogens (tertiary/aromatic N) is 3. The Morgan fingerprint density at radius 1 is 1.00 bits per heavy atom. The van der Waals surface area contributed by atoms with Crippen LogP contribution in [0.3, 0.4) is 0 Å². The molecule has 0 unspecified atom stereocenters. The Labute approximate surface area is 178 Å². The maximum Gasteiger partial charge on any atom is 0.241 e. The highest BCUT2D eigenvalue weighted by Crippen LogP contribution is 2.27. The fourth-order valence-electron chi connectivity index (χ4n) is 3.46. The van der Waals surface area contributed by atoms with Gasteiger partial charge in [-0.25, -0.2) is 5.43 Å². The molecular weight excluding hydrogens is 380 g/mol. The summed E-state index contributed by atoms with van der Waals surface area (Å²) >= 11 is 0. The van der Waals surface area contributed by atoms with Crippen molar-refractivity contribution in [2.75, 3.05) is 51.8 Å². The van der Waals surface area contributed by atoms with Gasteiger partial charge < -0.3 is 14.4 Å². The van der Waals surface area contributed by atoms with Crippen LogP contribution in [0.5, 0.6) is 11.5 Å². The zero-order chi connectivity index (χ0) is 21.3. The van der Waals surface area contributed by atoms with E-state index in [0.717, 1.165) is 38.3 Å². The minimum Gasteiger partial charge on any atom is -0.493 e. The molecule has 1 aliphatic rings. The summed E-state index contributed by atoms with van der Waals surface area (Å²) in [5, 5.41) is 4.23. The predicted molar refractivity (Wildman–Crippen MR) is 120 cm³/mol. The van der Waals surface area contributed by atoms with Crippen LogP contribution in [0, 0.1) is 0 Å². The number of rotatable bonds is 8. The molecular formula is C23H30N4O3. The second-order valence-electron chi connectivity index (χ2n) is 7.22. The van der Waals surface area contributed by atoms with Crippen molar-refractivity contribution in [3.63, 3.8) is 0 Å². The third kappa shape index (κ3) is 5.73. The van der Waals surface area contributed by atoms with Gasteiger partial charge in [-0.1, -0.05) is 18.2 Å². The number of nitrogens with one attached hydrogen (secondary N) is 1. The predicted octanol–water partition coefficient (Wildman–Crippen LogP) is 2.76. The van der Waals surface area contributed by atoms with E-state index in [2.05, 4.69) is 44.6 Å². The van der Waals surface area contributed by atoms with Gasteiger partial charge in [-0.3, -0.25) is 9.69 Å². The van der Waals surface area contributed by atoms with E-state index in [1.807, 2.05) is 31.2 Å². The molecule has 1 heterocycles. The van der Waals surface area contributed by atoms with Crippen LogP contribution in [-0.4, -0.2) is 63.5 Å². The summed E-state index contributed by atoms with van der Waals surface area (Å²) in [5.74, 6) is 1.20. The van der Waals surface area contributed by atoms with E-state index >= 15 is 0 Å². The average Bonchev–Trinajstić information content (AvgIpc) is 2.81. The van der Waals surface area contributed by atoms with E-state index in [9.17, 15) is 4.79 Å². The lowest BCUT2D eigenvalue weighted by Gasteiger charge is -2.36. The van der Waals surface area contributed by atoms with Crippen molar-refractivity contribution in [3.05, 3.63) is 54.1 Å². The van der Waals surface area contributed by atoms with E-state index in [-0.39, 0.29) is 5.91 Å². The van der Waals surface area contributed by atoms with Gasteiger partial charge in [0.1, 0.15) is 0 Å². The lowest BCUT2D eigenvalue weighted by atomic mass is 10.1. The molecule has 0 aliphatic carbocycles. The van der Waals surface area contributed by atoms with E-state index in [0.29, 0.717) is 23.6 Å². The first-order valence-electron chi connectivity index (χ1n) is 10.2. The Kier molecular flexibility index (Phi) is 7.68. The van der Waals surface area contributed by atoms with Crippen LogP contribution < -0.4 is 19.8 Å². The van der Waals surface area contributed by atoms with Gasteiger partial charge in [0.15, 0.2) is 11.5 Å². The minimum atomic E-state index is -0.0830. The van der Waals surface area contributed by atoms with Gasteiger partial charge in [0.25, 0.3) is 0 Å². The summed E-state index contributed by atoms with van der Waals surface area (Å²) in [5.41, 5.74) is 5.49. The van der Waals surface area contributed by atoms with Gasteiger partial charge in [0.05, 0.1) is 19.9 Å². The number of amides is 1. The van der Waals surface area contributed by atoms with Crippen molar-refractivity contribution >= 4 is 17.3 Å². The Morgan fingerprint density at radius 3 is 2.37 bits per heavy atom. The van der Waals surface area contributed by atoms with Crippen molar-refractivity contribution in [2.45, 2.75) is 13.3 Å². The highest BCUT2D eigenvalue weighted by molar-refractivity contribution is 5.99. The largest absolute Gasteiger partial charge is 0.493 e. The van der Waals surface area contributed by atoms with Crippen LogP contribution in [0.4, 0.5) is 5.69 Å². The van der Waals surface area contributed by atoms with Crippen LogP contribution in [0.15, 0.2) is 53.6 Å². The number of ether oxygens (including phenoxy) is 2. The molecule has 1 saturated heterocycles. The topological polar surface area (TPSA) is 66.4 Å². The summed E-state index contributed by atoms with van der Waals surface area (Å²) in [6.45, 7) is 6.44. The highest BCUT2D eigenvalue weighted by atomic mass is 16.5. The number of anilines is 1. The average molecular weight is 411 g/mol. The monoisotopic (exact) mass is 410 g/mol. The molecule has 7 heteroatoms. The number of methoxy groups -OCH3 is 2. The molecule has 1 amide bonds. The summed E-state index contributed by atoms with van der Waals surface area (Å²) in [7, 11) is 3.19. The molecule has 1 aliphatic heterocycles.